The van der Waals surface area contributed by atoms with Gasteiger partial charge in [0, 0.05) is 12.3 Å². The van der Waals surface area contributed by atoms with Gasteiger partial charge in [-0.25, -0.2) is 0 Å². The lowest BCUT2D eigenvalue weighted by Gasteiger charge is -2.11. The Morgan fingerprint density at radius 1 is 1.24 bits per heavy atom. The number of hydrogen-bond acceptors (Lipinski definition) is 5. The monoisotopic (exact) mass is 257 g/mol. The highest BCUT2D eigenvalue weighted by Gasteiger charge is 2.02. The Balaban J connectivity index is 2.34. The molecule has 96 valence electrons. The number of rotatable bonds is 8. The predicted molar refractivity (Wildman–Crippen MR) is 70.9 cm³/mol. The molecule has 0 heterocycles. The minimum Gasteiger partial charge on any atom is -0.493 e. The Bertz CT molecular complexity index is 305. The zero-order valence-electron chi connectivity index (χ0n) is 9.96. The average Bonchev–Trinajstić information content (AvgIpc) is 2.37. The number of thioether (sulfide) groups is 1. The molecule has 1 aromatic rings. The first-order valence-corrected chi connectivity index (χ1v) is 6.88. The molecule has 0 spiro atoms. The second-order valence-electron chi connectivity index (χ2n) is 3.51. The fourth-order valence-corrected chi connectivity index (χ4v) is 1.39. The van der Waals surface area contributed by atoms with E-state index >= 15 is 0 Å². The largest absolute Gasteiger partial charge is 0.493 e. The molecule has 0 amide bonds. The van der Waals surface area contributed by atoms with Crippen molar-refractivity contribution in [2.24, 2.45) is 5.73 Å². The third-order valence-electron chi connectivity index (χ3n) is 2.09. The smallest absolute Gasteiger partial charge is 0.119 e. The highest BCUT2D eigenvalue weighted by molar-refractivity contribution is 7.98. The molecule has 0 bridgehead atoms. The van der Waals surface area contributed by atoms with Gasteiger partial charge in [-0.3, -0.25) is 0 Å². The van der Waals surface area contributed by atoms with Crippen LogP contribution < -0.4 is 15.2 Å². The van der Waals surface area contributed by atoms with Gasteiger partial charge in [0.15, 0.2) is 0 Å². The molecule has 1 atom stereocenters. The molecule has 0 fully saturated rings. The van der Waals surface area contributed by atoms with Crippen LogP contribution in [-0.2, 0) is 0 Å². The Labute approximate surface area is 106 Å². The summed E-state index contributed by atoms with van der Waals surface area (Å²) in [5.41, 5.74) is 5.28. The van der Waals surface area contributed by atoms with Crippen LogP contribution >= 0.6 is 11.8 Å². The molecular formula is C12H19NO3S. The van der Waals surface area contributed by atoms with Crippen LogP contribution in [0.3, 0.4) is 0 Å². The number of nitrogens with two attached hydrogens (primary N) is 1. The van der Waals surface area contributed by atoms with E-state index in [1.54, 1.807) is 11.8 Å². The summed E-state index contributed by atoms with van der Waals surface area (Å²) in [5.74, 6) is 2.50. The average molecular weight is 257 g/mol. The molecule has 0 aliphatic heterocycles. The van der Waals surface area contributed by atoms with Crippen molar-refractivity contribution in [2.45, 2.75) is 6.10 Å². The van der Waals surface area contributed by atoms with Crippen molar-refractivity contribution in [1.82, 2.24) is 0 Å². The van der Waals surface area contributed by atoms with Crippen LogP contribution in [-0.4, -0.2) is 43.0 Å². The summed E-state index contributed by atoms with van der Waals surface area (Å²) in [7, 11) is 0. The minimum atomic E-state index is -0.618. The summed E-state index contributed by atoms with van der Waals surface area (Å²) >= 11 is 1.75. The standard InChI is InChI=1S/C12H19NO3S/c1-17-7-6-15-11-2-4-12(5-3-11)16-9-10(14)8-13/h2-5,10,14H,6-9,13H2,1H3. The van der Waals surface area contributed by atoms with Crippen molar-refractivity contribution in [3.05, 3.63) is 24.3 Å². The van der Waals surface area contributed by atoms with Crippen molar-refractivity contribution in [3.8, 4) is 11.5 Å². The molecule has 0 radical (unpaired) electrons. The van der Waals surface area contributed by atoms with Gasteiger partial charge in [-0.15, -0.1) is 0 Å². The molecule has 3 N–H and O–H groups in total. The number of ether oxygens (including phenoxy) is 2. The van der Waals surface area contributed by atoms with E-state index in [1.807, 2.05) is 30.5 Å². The third kappa shape index (κ3) is 5.81. The highest BCUT2D eigenvalue weighted by Crippen LogP contribution is 2.17. The lowest BCUT2D eigenvalue weighted by Crippen LogP contribution is -2.26. The van der Waals surface area contributed by atoms with Gasteiger partial charge in [-0.2, -0.15) is 11.8 Å². The van der Waals surface area contributed by atoms with Crippen LogP contribution in [0.1, 0.15) is 0 Å². The molecule has 0 saturated carbocycles. The molecule has 0 aliphatic rings. The quantitative estimate of drug-likeness (QED) is 0.683. The topological polar surface area (TPSA) is 64.7 Å². The maximum Gasteiger partial charge on any atom is 0.119 e. The van der Waals surface area contributed by atoms with E-state index in [9.17, 15) is 5.11 Å². The number of benzene rings is 1. The normalized spacial score (nSPS) is 12.2. The van der Waals surface area contributed by atoms with Crippen molar-refractivity contribution < 1.29 is 14.6 Å². The number of aliphatic hydroxyl groups excluding tert-OH is 1. The molecule has 0 aliphatic carbocycles. The van der Waals surface area contributed by atoms with Gasteiger partial charge in [-0.05, 0) is 30.5 Å². The SMILES string of the molecule is CSCCOc1ccc(OCC(O)CN)cc1. The van der Waals surface area contributed by atoms with Crippen LogP contribution in [0.5, 0.6) is 11.5 Å². The molecule has 0 aromatic heterocycles. The second kappa shape index (κ2) is 8.22. The maximum absolute atomic E-state index is 9.24. The fourth-order valence-electron chi connectivity index (χ4n) is 1.14. The predicted octanol–water partition coefficient (Wildman–Crippen LogP) is 1.13. The Kier molecular flexibility index (Phi) is 6.84. The van der Waals surface area contributed by atoms with Gasteiger partial charge in [0.25, 0.3) is 0 Å². The number of aliphatic hydroxyl groups is 1. The highest BCUT2D eigenvalue weighted by atomic mass is 32.2. The van der Waals surface area contributed by atoms with E-state index in [2.05, 4.69) is 0 Å². The van der Waals surface area contributed by atoms with Crippen molar-refractivity contribution in [2.75, 3.05) is 31.8 Å². The van der Waals surface area contributed by atoms with Gasteiger partial charge in [0.2, 0.25) is 0 Å². The van der Waals surface area contributed by atoms with Gasteiger partial charge in [0.05, 0.1) is 6.61 Å². The Hall–Kier alpha value is -0.910. The molecular weight excluding hydrogens is 238 g/mol. The summed E-state index contributed by atoms with van der Waals surface area (Å²) in [6.07, 6.45) is 1.43. The van der Waals surface area contributed by atoms with E-state index in [-0.39, 0.29) is 13.2 Å². The van der Waals surface area contributed by atoms with Gasteiger partial charge >= 0.3 is 0 Å². The van der Waals surface area contributed by atoms with Gasteiger partial charge in [-0.1, -0.05) is 0 Å². The van der Waals surface area contributed by atoms with Crippen LogP contribution in [0.4, 0.5) is 0 Å². The van der Waals surface area contributed by atoms with Crippen LogP contribution in [0.25, 0.3) is 0 Å². The van der Waals surface area contributed by atoms with E-state index in [0.29, 0.717) is 12.4 Å². The van der Waals surface area contributed by atoms with Crippen LogP contribution in [0, 0.1) is 0 Å². The van der Waals surface area contributed by atoms with E-state index in [4.69, 9.17) is 15.2 Å². The van der Waals surface area contributed by atoms with Crippen LogP contribution in [0.15, 0.2) is 24.3 Å². The first kappa shape index (κ1) is 14.2. The van der Waals surface area contributed by atoms with Gasteiger partial charge < -0.3 is 20.3 Å². The summed E-state index contributed by atoms with van der Waals surface area (Å²) in [6.45, 7) is 1.12. The van der Waals surface area contributed by atoms with E-state index in [0.717, 1.165) is 11.5 Å². The second-order valence-corrected chi connectivity index (χ2v) is 4.50. The molecule has 1 unspecified atom stereocenters. The minimum absolute atomic E-state index is 0.204. The van der Waals surface area contributed by atoms with Crippen molar-refractivity contribution in [1.29, 1.82) is 0 Å². The van der Waals surface area contributed by atoms with Crippen LogP contribution in [0.2, 0.25) is 0 Å². The Morgan fingerprint density at radius 3 is 2.35 bits per heavy atom. The van der Waals surface area contributed by atoms with Crippen molar-refractivity contribution in [3.63, 3.8) is 0 Å². The lowest BCUT2D eigenvalue weighted by molar-refractivity contribution is 0.114. The summed E-state index contributed by atoms with van der Waals surface area (Å²) in [6, 6.07) is 7.34. The zero-order chi connectivity index (χ0) is 12.5. The summed E-state index contributed by atoms with van der Waals surface area (Å²) in [5, 5.41) is 9.24. The molecule has 5 heteroatoms. The molecule has 17 heavy (non-hydrogen) atoms. The van der Waals surface area contributed by atoms with E-state index < -0.39 is 6.10 Å². The molecule has 1 rings (SSSR count). The summed E-state index contributed by atoms with van der Waals surface area (Å²) in [4.78, 5) is 0. The van der Waals surface area contributed by atoms with Gasteiger partial charge in [0.1, 0.15) is 24.2 Å². The first-order valence-electron chi connectivity index (χ1n) is 5.49. The molecule has 0 saturated heterocycles. The Morgan fingerprint density at radius 2 is 1.82 bits per heavy atom. The maximum atomic E-state index is 9.24. The first-order chi connectivity index (χ1) is 8.26. The lowest BCUT2D eigenvalue weighted by atomic mass is 10.3. The third-order valence-corrected chi connectivity index (χ3v) is 2.67. The molecule has 1 aromatic carbocycles. The van der Waals surface area contributed by atoms with Crippen molar-refractivity contribution >= 4 is 11.8 Å². The number of hydrogen-bond donors (Lipinski definition) is 2. The molecule has 4 nitrogen and oxygen atoms in total. The van der Waals surface area contributed by atoms with E-state index in [1.165, 1.54) is 0 Å². The zero-order valence-corrected chi connectivity index (χ0v) is 10.8. The summed E-state index contributed by atoms with van der Waals surface area (Å²) < 4.78 is 10.9. The fraction of sp³-hybridized carbons (Fsp3) is 0.500.